The van der Waals surface area contributed by atoms with Gasteiger partial charge in [-0.15, -0.1) is 0 Å². The number of hydrogen-bond acceptors (Lipinski definition) is 3. The van der Waals surface area contributed by atoms with Crippen LogP contribution < -0.4 is 11.1 Å². The van der Waals surface area contributed by atoms with Crippen LogP contribution in [0.4, 0.5) is 5.69 Å². The molecular formula is C18H30N4O. The number of benzene rings is 1. The molecule has 1 unspecified atom stereocenters. The number of ether oxygens (including phenoxy) is 1. The molecule has 5 nitrogen and oxygen atoms in total. The van der Waals surface area contributed by atoms with Crippen LogP contribution in [0.2, 0.25) is 0 Å². The van der Waals surface area contributed by atoms with Crippen LogP contribution in [0.25, 0.3) is 0 Å². The van der Waals surface area contributed by atoms with E-state index in [1.807, 2.05) is 24.3 Å². The molecule has 0 aliphatic carbocycles. The molecule has 128 valence electrons. The number of nitrogens with two attached hydrogens (primary N) is 1. The van der Waals surface area contributed by atoms with Gasteiger partial charge in [-0.2, -0.15) is 0 Å². The summed E-state index contributed by atoms with van der Waals surface area (Å²) in [5, 5.41) is 3.20. The molecule has 1 heterocycles. The van der Waals surface area contributed by atoms with E-state index in [-0.39, 0.29) is 0 Å². The summed E-state index contributed by atoms with van der Waals surface area (Å²) in [4.78, 5) is 7.08. The van der Waals surface area contributed by atoms with Crippen molar-refractivity contribution in [1.29, 1.82) is 0 Å². The summed E-state index contributed by atoms with van der Waals surface area (Å²) in [6.07, 6.45) is 2.49. The predicted octanol–water partition coefficient (Wildman–Crippen LogP) is 2.68. The Kier molecular flexibility index (Phi) is 6.86. The first-order chi connectivity index (χ1) is 11.1. The van der Waals surface area contributed by atoms with Crippen LogP contribution >= 0.6 is 0 Å². The number of methoxy groups -OCH3 is 1. The van der Waals surface area contributed by atoms with Crippen molar-refractivity contribution in [2.45, 2.75) is 39.3 Å². The van der Waals surface area contributed by atoms with Crippen LogP contribution in [0.5, 0.6) is 0 Å². The molecule has 3 N–H and O–H groups in total. The topological polar surface area (TPSA) is 62.9 Å². The molecule has 2 rings (SSSR count). The number of nitrogens with zero attached hydrogens (tertiary/aromatic N) is 2. The first-order valence-electron chi connectivity index (χ1n) is 8.48. The average Bonchev–Trinajstić information content (AvgIpc) is 2.55. The summed E-state index contributed by atoms with van der Waals surface area (Å²) in [5.74, 6) is 1.08. The minimum Gasteiger partial charge on any atom is -0.380 e. The minimum atomic E-state index is 0.482. The van der Waals surface area contributed by atoms with Crippen molar-refractivity contribution in [3.63, 3.8) is 0 Å². The molecule has 1 fully saturated rings. The predicted molar refractivity (Wildman–Crippen MR) is 96.7 cm³/mol. The fourth-order valence-corrected chi connectivity index (χ4v) is 3.04. The Balaban J connectivity index is 1.90. The summed E-state index contributed by atoms with van der Waals surface area (Å²) < 4.78 is 5.21. The quantitative estimate of drug-likeness (QED) is 0.625. The van der Waals surface area contributed by atoms with Crippen molar-refractivity contribution in [3.05, 3.63) is 29.8 Å². The number of para-hydroxylation sites is 1. The van der Waals surface area contributed by atoms with Gasteiger partial charge in [-0.3, -0.25) is 4.99 Å². The summed E-state index contributed by atoms with van der Waals surface area (Å²) in [5.41, 5.74) is 8.11. The molecule has 1 aromatic rings. The summed E-state index contributed by atoms with van der Waals surface area (Å²) >= 11 is 0. The number of likely N-dealkylation sites (tertiary alicyclic amines) is 1. The van der Waals surface area contributed by atoms with E-state index in [2.05, 4.69) is 29.1 Å². The molecule has 5 heteroatoms. The van der Waals surface area contributed by atoms with Gasteiger partial charge in [-0.1, -0.05) is 18.2 Å². The third-order valence-electron chi connectivity index (χ3n) is 4.38. The number of hydrogen-bond donors (Lipinski definition) is 2. The lowest BCUT2D eigenvalue weighted by Gasteiger charge is -2.34. The fraction of sp³-hybridized carbons (Fsp3) is 0.611. The normalized spacial score (nSPS) is 20.0. The maximum absolute atomic E-state index is 6.07. The summed E-state index contributed by atoms with van der Waals surface area (Å²) in [7, 11) is 1.69. The number of piperidine rings is 1. The second-order valence-corrected chi connectivity index (χ2v) is 6.54. The second-order valence-electron chi connectivity index (χ2n) is 6.54. The molecule has 0 saturated carbocycles. The van der Waals surface area contributed by atoms with Crippen molar-refractivity contribution in [1.82, 2.24) is 4.90 Å². The molecule has 0 spiro atoms. The van der Waals surface area contributed by atoms with Gasteiger partial charge in [0.25, 0.3) is 0 Å². The van der Waals surface area contributed by atoms with Gasteiger partial charge in [-0.25, -0.2) is 0 Å². The van der Waals surface area contributed by atoms with Gasteiger partial charge in [0, 0.05) is 37.5 Å². The Morgan fingerprint density at radius 3 is 2.96 bits per heavy atom. The second kappa shape index (κ2) is 8.89. The number of anilines is 1. The molecule has 1 saturated heterocycles. The molecule has 1 atom stereocenters. The molecule has 1 aliphatic heterocycles. The van der Waals surface area contributed by atoms with Crippen molar-refractivity contribution < 1.29 is 4.74 Å². The third-order valence-corrected chi connectivity index (χ3v) is 4.38. The Morgan fingerprint density at radius 2 is 2.22 bits per heavy atom. The fourth-order valence-electron chi connectivity index (χ4n) is 3.04. The van der Waals surface area contributed by atoms with Gasteiger partial charge in [0.1, 0.15) is 0 Å². The van der Waals surface area contributed by atoms with Crippen LogP contribution in [-0.4, -0.2) is 43.6 Å². The van der Waals surface area contributed by atoms with Crippen LogP contribution in [0, 0.1) is 5.92 Å². The van der Waals surface area contributed by atoms with Crippen LogP contribution in [-0.2, 0) is 11.3 Å². The van der Waals surface area contributed by atoms with E-state index < -0.39 is 0 Å². The Hall–Kier alpha value is -1.59. The van der Waals surface area contributed by atoms with E-state index in [1.165, 1.54) is 19.4 Å². The van der Waals surface area contributed by atoms with Gasteiger partial charge in [0.15, 0.2) is 5.96 Å². The Labute approximate surface area is 139 Å². The van der Waals surface area contributed by atoms with Gasteiger partial charge >= 0.3 is 0 Å². The first-order valence-corrected chi connectivity index (χ1v) is 8.48. The van der Waals surface area contributed by atoms with Crippen LogP contribution in [0.15, 0.2) is 29.3 Å². The highest BCUT2D eigenvalue weighted by atomic mass is 16.5. The van der Waals surface area contributed by atoms with E-state index in [0.717, 1.165) is 24.3 Å². The third kappa shape index (κ3) is 5.52. The zero-order valence-electron chi connectivity index (χ0n) is 14.6. The Bertz CT molecular complexity index is 515. The monoisotopic (exact) mass is 318 g/mol. The SMILES string of the molecule is COCc1ccccc1NC(N)=NCC1CCCN(C(C)C)C1. The van der Waals surface area contributed by atoms with E-state index >= 15 is 0 Å². The molecule has 1 aliphatic rings. The number of nitrogens with one attached hydrogen (secondary N) is 1. The lowest BCUT2D eigenvalue weighted by atomic mass is 9.97. The van der Waals surface area contributed by atoms with Gasteiger partial charge in [0.2, 0.25) is 0 Å². The zero-order chi connectivity index (χ0) is 16.7. The number of guanidine groups is 1. The van der Waals surface area contributed by atoms with Crippen molar-refractivity contribution in [3.8, 4) is 0 Å². The maximum Gasteiger partial charge on any atom is 0.193 e. The number of rotatable bonds is 6. The highest BCUT2D eigenvalue weighted by molar-refractivity contribution is 5.92. The molecule has 0 bridgehead atoms. The van der Waals surface area contributed by atoms with E-state index in [4.69, 9.17) is 10.5 Å². The van der Waals surface area contributed by atoms with Crippen LogP contribution in [0.1, 0.15) is 32.3 Å². The lowest BCUT2D eigenvalue weighted by Crippen LogP contribution is -2.41. The van der Waals surface area contributed by atoms with Crippen LogP contribution in [0.3, 0.4) is 0 Å². The highest BCUT2D eigenvalue weighted by Gasteiger charge is 2.21. The van der Waals surface area contributed by atoms with Gasteiger partial charge in [-0.05, 0) is 45.2 Å². The molecular weight excluding hydrogens is 288 g/mol. The summed E-state index contributed by atoms with van der Waals surface area (Å²) in [6, 6.07) is 8.61. The van der Waals surface area contributed by atoms with Crippen molar-refractivity contribution in [2.75, 3.05) is 32.1 Å². The average molecular weight is 318 g/mol. The molecule has 23 heavy (non-hydrogen) atoms. The largest absolute Gasteiger partial charge is 0.380 e. The van der Waals surface area contributed by atoms with E-state index in [1.54, 1.807) is 7.11 Å². The van der Waals surface area contributed by atoms with E-state index in [9.17, 15) is 0 Å². The van der Waals surface area contributed by atoms with Gasteiger partial charge in [0.05, 0.1) is 6.61 Å². The number of aliphatic imine (C=N–C) groups is 1. The Morgan fingerprint density at radius 1 is 1.43 bits per heavy atom. The van der Waals surface area contributed by atoms with Gasteiger partial charge < -0.3 is 20.7 Å². The van der Waals surface area contributed by atoms with E-state index in [0.29, 0.717) is 24.5 Å². The molecule has 0 radical (unpaired) electrons. The maximum atomic E-state index is 6.07. The molecule has 1 aromatic carbocycles. The van der Waals surface area contributed by atoms with Crippen molar-refractivity contribution in [2.24, 2.45) is 16.6 Å². The smallest absolute Gasteiger partial charge is 0.193 e. The van der Waals surface area contributed by atoms with Crippen molar-refractivity contribution >= 4 is 11.6 Å². The standard InChI is InChI=1S/C18H30N4O/c1-14(2)22-10-6-7-15(12-22)11-20-18(19)21-17-9-5-4-8-16(17)13-23-3/h4-5,8-9,14-15H,6-7,10-13H2,1-3H3,(H3,19,20,21). The molecule has 0 aromatic heterocycles. The zero-order valence-corrected chi connectivity index (χ0v) is 14.6. The lowest BCUT2D eigenvalue weighted by molar-refractivity contribution is 0.143. The summed E-state index contributed by atoms with van der Waals surface area (Å²) in [6.45, 7) is 8.18. The highest BCUT2D eigenvalue weighted by Crippen LogP contribution is 2.19. The molecule has 0 amide bonds. The minimum absolute atomic E-state index is 0.482. The first kappa shape index (κ1) is 17.8.